The number of furan rings is 1. The highest BCUT2D eigenvalue weighted by atomic mass is 16.5. The van der Waals surface area contributed by atoms with Gasteiger partial charge >= 0.3 is 0 Å². The Balaban J connectivity index is 2.12. The summed E-state index contributed by atoms with van der Waals surface area (Å²) in [5, 5.41) is 11.9. The molecular formula is C19H20N2O4. The van der Waals surface area contributed by atoms with Gasteiger partial charge in [-0.3, -0.25) is 4.79 Å². The topological polar surface area (TPSA) is 84.5 Å². The molecule has 0 bridgehead atoms. The monoisotopic (exact) mass is 340 g/mol. The maximum absolute atomic E-state index is 12.1. The number of hydrogen-bond donors (Lipinski definition) is 1. The summed E-state index contributed by atoms with van der Waals surface area (Å²) in [6, 6.07) is 10.6. The molecule has 1 heterocycles. The molecule has 130 valence electrons. The first-order valence-electron chi connectivity index (χ1n) is 7.91. The Morgan fingerprint density at radius 2 is 2.20 bits per heavy atom. The summed E-state index contributed by atoms with van der Waals surface area (Å²) in [4.78, 5) is 12.1. The van der Waals surface area contributed by atoms with Gasteiger partial charge in [-0.15, -0.1) is 0 Å². The molecule has 0 radical (unpaired) electrons. The SMILES string of the molecule is CCCOc1ccc(/C=C(/C#N)C(=O)NCc2ccco2)cc1OC. The van der Waals surface area contributed by atoms with E-state index in [4.69, 9.17) is 13.9 Å². The summed E-state index contributed by atoms with van der Waals surface area (Å²) in [6.07, 6.45) is 3.92. The molecule has 0 aliphatic rings. The number of benzene rings is 1. The van der Waals surface area contributed by atoms with Crippen LogP contribution in [-0.2, 0) is 11.3 Å². The number of nitriles is 1. The van der Waals surface area contributed by atoms with Crippen LogP contribution >= 0.6 is 0 Å². The molecule has 25 heavy (non-hydrogen) atoms. The number of ether oxygens (including phenoxy) is 2. The zero-order chi connectivity index (χ0) is 18.1. The van der Waals surface area contributed by atoms with Crippen LogP contribution in [0, 0.1) is 11.3 Å². The first-order valence-corrected chi connectivity index (χ1v) is 7.91. The molecule has 1 amide bonds. The highest BCUT2D eigenvalue weighted by Crippen LogP contribution is 2.29. The van der Waals surface area contributed by atoms with Gasteiger partial charge in [0.1, 0.15) is 17.4 Å². The molecule has 1 N–H and O–H groups in total. The fraction of sp³-hybridized carbons (Fsp3) is 0.263. The summed E-state index contributed by atoms with van der Waals surface area (Å²) in [7, 11) is 1.54. The molecule has 0 aliphatic heterocycles. The fourth-order valence-corrected chi connectivity index (χ4v) is 2.10. The number of carbonyl (C=O) groups excluding carboxylic acids is 1. The van der Waals surface area contributed by atoms with E-state index >= 15 is 0 Å². The van der Waals surface area contributed by atoms with Gasteiger partial charge in [-0.1, -0.05) is 13.0 Å². The van der Waals surface area contributed by atoms with E-state index < -0.39 is 5.91 Å². The predicted octanol–water partition coefficient (Wildman–Crippen LogP) is 3.30. The third-order valence-corrected chi connectivity index (χ3v) is 3.33. The second-order valence-electron chi connectivity index (χ2n) is 5.19. The lowest BCUT2D eigenvalue weighted by Gasteiger charge is -2.10. The molecule has 0 saturated carbocycles. The van der Waals surface area contributed by atoms with Gasteiger partial charge in [0.25, 0.3) is 5.91 Å². The van der Waals surface area contributed by atoms with E-state index in [0.717, 1.165) is 6.42 Å². The highest BCUT2D eigenvalue weighted by Gasteiger charge is 2.11. The average Bonchev–Trinajstić information content (AvgIpc) is 3.16. The summed E-state index contributed by atoms with van der Waals surface area (Å²) in [5.41, 5.74) is 0.668. The largest absolute Gasteiger partial charge is 0.493 e. The number of carbonyl (C=O) groups is 1. The molecular weight excluding hydrogens is 320 g/mol. The summed E-state index contributed by atoms with van der Waals surface area (Å²) < 4.78 is 16.0. The Labute approximate surface area is 146 Å². The van der Waals surface area contributed by atoms with Crippen LogP contribution < -0.4 is 14.8 Å². The first-order chi connectivity index (χ1) is 12.2. The lowest BCUT2D eigenvalue weighted by molar-refractivity contribution is -0.117. The Hall–Kier alpha value is -3.20. The van der Waals surface area contributed by atoms with E-state index in [2.05, 4.69) is 5.32 Å². The minimum Gasteiger partial charge on any atom is -0.493 e. The van der Waals surface area contributed by atoms with Gasteiger partial charge in [-0.25, -0.2) is 0 Å². The molecule has 0 saturated heterocycles. The average molecular weight is 340 g/mol. The van der Waals surface area contributed by atoms with Gasteiger partial charge in [0.2, 0.25) is 0 Å². The lowest BCUT2D eigenvalue weighted by Crippen LogP contribution is -2.23. The number of rotatable bonds is 8. The van der Waals surface area contributed by atoms with Crippen LogP contribution in [-0.4, -0.2) is 19.6 Å². The fourth-order valence-electron chi connectivity index (χ4n) is 2.10. The van der Waals surface area contributed by atoms with Crippen LogP contribution in [0.2, 0.25) is 0 Å². The van der Waals surface area contributed by atoms with Gasteiger partial charge in [-0.2, -0.15) is 5.26 Å². The first kappa shape index (κ1) is 18.1. The number of hydrogen-bond acceptors (Lipinski definition) is 5. The van der Waals surface area contributed by atoms with Gasteiger partial charge in [0.15, 0.2) is 11.5 Å². The Kier molecular flexibility index (Phi) is 6.66. The summed E-state index contributed by atoms with van der Waals surface area (Å²) in [5.74, 6) is 1.33. The third-order valence-electron chi connectivity index (χ3n) is 3.33. The van der Waals surface area contributed by atoms with Crippen molar-refractivity contribution in [2.24, 2.45) is 0 Å². The molecule has 0 spiro atoms. The third kappa shape index (κ3) is 5.15. The molecule has 1 aromatic carbocycles. The van der Waals surface area contributed by atoms with E-state index in [0.29, 0.717) is 29.4 Å². The smallest absolute Gasteiger partial charge is 0.262 e. The van der Waals surface area contributed by atoms with Crippen molar-refractivity contribution in [1.29, 1.82) is 5.26 Å². The molecule has 2 rings (SSSR count). The standard InChI is InChI=1S/C19H20N2O4/c1-3-8-25-17-7-6-14(11-18(17)23-2)10-15(12-20)19(22)21-13-16-5-4-9-24-16/h4-7,9-11H,3,8,13H2,1-2H3,(H,21,22)/b15-10-. The van der Waals surface area contributed by atoms with Gasteiger partial charge in [0.05, 0.1) is 26.5 Å². The highest BCUT2D eigenvalue weighted by molar-refractivity contribution is 6.01. The van der Waals surface area contributed by atoms with E-state index in [1.165, 1.54) is 12.3 Å². The quantitative estimate of drug-likeness (QED) is 0.589. The second-order valence-corrected chi connectivity index (χ2v) is 5.19. The van der Waals surface area contributed by atoms with Crippen LogP contribution in [0.1, 0.15) is 24.7 Å². The van der Waals surface area contributed by atoms with E-state index in [-0.39, 0.29) is 12.1 Å². The van der Waals surface area contributed by atoms with Crippen molar-refractivity contribution >= 4 is 12.0 Å². The van der Waals surface area contributed by atoms with Crippen molar-refractivity contribution in [2.75, 3.05) is 13.7 Å². The Bertz CT molecular complexity index is 773. The van der Waals surface area contributed by atoms with E-state index in [1.807, 2.05) is 13.0 Å². The van der Waals surface area contributed by atoms with Crippen LogP contribution in [0.3, 0.4) is 0 Å². The maximum atomic E-state index is 12.1. The van der Waals surface area contributed by atoms with Crippen LogP contribution in [0.5, 0.6) is 11.5 Å². The number of amides is 1. The minimum atomic E-state index is -0.468. The normalized spacial score (nSPS) is 10.8. The number of nitrogens with one attached hydrogen (secondary N) is 1. The van der Waals surface area contributed by atoms with Crippen molar-refractivity contribution in [2.45, 2.75) is 19.9 Å². The van der Waals surface area contributed by atoms with Crippen molar-refractivity contribution in [1.82, 2.24) is 5.32 Å². The van der Waals surface area contributed by atoms with Crippen molar-refractivity contribution < 1.29 is 18.7 Å². The molecule has 2 aromatic rings. The van der Waals surface area contributed by atoms with E-state index in [9.17, 15) is 10.1 Å². The Morgan fingerprint density at radius 1 is 1.36 bits per heavy atom. The molecule has 0 fully saturated rings. The van der Waals surface area contributed by atoms with Crippen LogP contribution in [0.15, 0.2) is 46.6 Å². The maximum Gasteiger partial charge on any atom is 0.262 e. The van der Waals surface area contributed by atoms with Crippen LogP contribution in [0.4, 0.5) is 0 Å². The lowest BCUT2D eigenvalue weighted by atomic mass is 10.1. The van der Waals surface area contributed by atoms with Crippen molar-refractivity contribution in [3.05, 3.63) is 53.5 Å². The second kappa shape index (κ2) is 9.18. The molecule has 0 unspecified atom stereocenters. The van der Waals surface area contributed by atoms with Gasteiger partial charge in [-0.05, 0) is 42.3 Å². The van der Waals surface area contributed by atoms with Crippen LogP contribution in [0.25, 0.3) is 6.08 Å². The van der Waals surface area contributed by atoms with Gasteiger partial charge in [0, 0.05) is 0 Å². The van der Waals surface area contributed by atoms with Crippen molar-refractivity contribution in [3.63, 3.8) is 0 Å². The zero-order valence-electron chi connectivity index (χ0n) is 14.2. The number of nitrogens with zero attached hydrogens (tertiary/aromatic N) is 1. The molecule has 1 aromatic heterocycles. The summed E-state index contributed by atoms with van der Waals surface area (Å²) in [6.45, 7) is 2.83. The molecule has 0 atom stereocenters. The van der Waals surface area contributed by atoms with Crippen molar-refractivity contribution in [3.8, 4) is 17.6 Å². The zero-order valence-corrected chi connectivity index (χ0v) is 14.2. The van der Waals surface area contributed by atoms with E-state index in [1.54, 1.807) is 37.4 Å². The molecule has 0 aliphatic carbocycles. The Morgan fingerprint density at radius 3 is 2.84 bits per heavy atom. The predicted molar refractivity (Wildman–Crippen MR) is 92.9 cm³/mol. The molecule has 6 nitrogen and oxygen atoms in total. The van der Waals surface area contributed by atoms with Gasteiger partial charge < -0.3 is 19.2 Å². The minimum absolute atomic E-state index is 0.00386. The number of methoxy groups -OCH3 is 1. The summed E-state index contributed by atoms with van der Waals surface area (Å²) >= 11 is 0. The molecule has 6 heteroatoms.